The van der Waals surface area contributed by atoms with Crippen LogP contribution in [0.25, 0.3) is 0 Å². The molecule has 1 N–H and O–H groups in total. The molecule has 1 aromatic heterocycles. The van der Waals surface area contributed by atoms with E-state index in [0.717, 1.165) is 31.2 Å². The van der Waals surface area contributed by atoms with Crippen molar-refractivity contribution in [2.45, 2.75) is 52.2 Å². The van der Waals surface area contributed by atoms with Crippen molar-refractivity contribution in [2.75, 3.05) is 0 Å². The van der Waals surface area contributed by atoms with Crippen molar-refractivity contribution in [1.29, 1.82) is 0 Å². The third-order valence-electron chi connectivity index (χ3n) is 2.60. The first-order valence-corrected chi connectivity index (χ1v) is 5.41. The van der Waals surface area contributed by atoms with Crippen molar-refractivity contribution in [1.82, 2.24) is 20.1 Å². The Kier molecular flexibility index (Phi) is 2.82. The van der Waals surface area contributed by atoms with Gasteiger partial charge in [0.1, 0.15) is 11.6 Å². The Balaban J connectivity index is 2.06. The van der Waals surface area contributed by atoms with Gasteiger partial charge in [-0.05, 0) is 12.8 Å². The second-order valence-electron chi connectivity index (χ2n) is 4.18. The molecule has 0 saturated heterocycles. The molecule has 0 fully saturated rings. The smallest absolute Gasteiger partial charge is 0.147 e. The van der Waals surface area contributed by atoms with Crippen LogP contribution in [0.1, 0.15) is 38.3 Å². The molecule has 0 amide bonds. The van der Waals surface area contributed by atoms with Gasteiger partial charge in [0.15, 0.2) is 0 Å². The van der Waals surface area contributed by atoms with E-state index >= 15 is 0 Å². The van der Waals surface area contributed by atoms with E-state index in [0.29, 0.717) is 6.04 Å². The lowest BCUT2D eigenvalue weighted by Crippen LogP contribution is -2.25. The highest BCUT2D eigenvalue weighted by Gasteiger charge is 2.14. The predicted molar refractivity (Wildman–Crippen MR) is 54.9 cm³/mol. The fourth-order valence-electron chi connectivity index (χ4n) is 1.79. The van der Waals surface area contributed by atoms with E-state index in [2.05, 4.69) is 33.9 Å². The zero-order chi connectivity index (χ0) is 9.97. The molecule has 1 aliphatic rings. The number of aryl methyl sites for hydroxylation is 1. The third-order valence-corrected chi connectivity index (χ3v) is 2.60. The lowest BCUT2D eigenvalue weighted by molar-refractivity contribution is 0.487. The number of rotatable bonds is 3. The average Bonchev–Trinajstić information content (AvgIpc) is 2.58. The molecule has 0 unspecified atom stereocenters. The van der Waals surface area contributed by atoms with Gasteiger partial charge < -0.3 is 9.88 Å². The first-order chi connectivity index (χ1) is 6.77. The van der Waals surface area contributed by atoms with Gasteiger partial charge in [0.05, 0.1) is 6.54 Å². The number of aromatic nitrogens is 3. The van der Waals surface area contributed by atoms with Crippen LogP contribution in [-0.2, 0) is 19.5 Å². The van der Waals surface area contributed by atoms with Crippen molar-refractivity contribution in [2.24, 2.45) is 0 Å². The van der Waals surface area contributed by atoms with E-state index in [1.165, 1.54) is 12.8 Å². The van der Waals surface area contributed by atoms with Gasteiger partial charge in [-0.2, -0.15) is 0 Å². The van der Waals surface area contributed by atoms with Crippen molar-refractivity contribution >= 4 is 0 Å². The molecule has 0 bridgehead atoms. The largest absolute Gasteiger partial charge is 0.314 e. The van der Waals surface area contributed by atoms with E-state index in [-0.39, 0.29) is 0 Å². The molecule has 1 aliphatic heterocycles. The first-order valence-electron chi connectivity index (χ1n) is 5.41. The van der Waals surface area contributed by atoms with Crippen LogP contribution in [0, 0.1) is 0 Å². The van der Waals surface area contributed by atoms with Gasteiger partial charge in [0.25, 0.3) is 0 Å². The van der Waals surface area contributed by atoms with Crippen molar-refractivity contribution < 1.29 is 0 Å². The normalized spacial score (nSPS) is 15.9. The maximum Gasteiger partial charge on any atom is 0.147 e. The number of nitrogens with zero attached hydrogens (tertiary/aromatic N) is 3. The topological polar surface area (TPSA) is 42.7 Å². The van der Waals surface area contributed by atoms with Gasteiger partial charge >= 0.3 is 0 Å². The molecule has 4 heteroatoms. The second-order valence-corrected chi connectivity index (χ2v) is 4.18. The molecule has 0 atom stereocenters. The first kappa shape index (κ1) is 9.65. The summed E-state index contributed by atoms with van der Waals surface area (Å²) in [7, 11) is 0. The quantitative estimate of drug-likeness (QED) is 0.784. The maximum absolute atomic E-state index is 4.22. The van der Waals surface area contributed by atoms with Crippen LogP contribution >= 0.6 is 0 Å². The molecule has 2 rings (SSSR count). The van der Waals surface area contributed by atoms with E-state index in [4.69, 9.17) is 0 Å². The van der Waals surface area contributed by atoms with Crippen molar-refractivity contribution in [3.8, 4) is 0 Å². The SMILES string of the molecule is CC(C)NCc1nnc2n1CCCC2. The number of hydrogen-bond acceptors (Lipinski definition) is 3. The fourth-order valence-corrected chi connectivity index (χ4v) is 1.79. The predicted octanol–water partition coefficient (Wildman–Crippen LogP) is 1.11. The van der Waals surface area contributed by atoms with Gasteiger partial charge in [0, 0.05) is 19.0 Å². The maximum atomic E-state index is 4.22. The molecule has 4 nitrogen and oxygen atoms in total. The second kappa shape index (κ2) is 4.09. The molecule has 0 aliphatic carbocycles. The highest BCUT2D eigenvalue weighted by atomic mass is 15.3. The zero-order valence-electron chi connectivity index (χ0n) is 8.95. The Morgan fingerprint density at radius 2 is 2.21 bits per heavy atom. The molecule has 2 heterocycles. The van der Waals surface area contributed by atoms with Crippen LogP contribution in [-0.4, -0.2) is 20.8 Å². The number of fused-ring (bicyclic) bond motifs is 1. The summed E-state index contributed by atoms with van der Waals surface area (Å²) >= 11 is 0. The molecule has 78 valence electrons. The summed E-state index contributed by atoms with van der Waals surface area (Å²) in [6.45, 7) is 6.23. The zero-order valence-corrected chi connectivity index (χ0v) is 8.95. The molecule has 0 spiro atoms. The summed E-state index contributed by atoms with van der Waals surface area (Å²) in [6, 6.07) is 0.506. The van der Waals surface area contributed by atoms with Crippen LogP contribution < -0.4 is 5.32 Å². The van der Waals surface area contributed by atoms with E-state index < -0.39 is 0 Å². The highest BCUT2D eigenvalue weighted by Crippen LogP contribution is 2.13. The minimum atomic E-state index is 0.506. The summed E-state index contributed by atoms with van der Waals surface area (Å²) in [4.78, 5) is 0. The van der Waals surface area contributed by atoms with E-state index in [1.54, 1.807) is 0 Å². The standard InChI is InChI=1S/C10H18N4/c1-8(2)11-7-10-13-12-9-5-3-4-6-14(9)10/h8,11H,3-7H2,1-2H3. The molecular formula is C10H18N4. The molecule has 0 aromatic carbocycles. The molecule has 0 radical (unpaired) electrons. The summed E-state index contributed by atoms with van der Waals surface area (Å²) in [5, 5.41) is 11.8. The van der Waals surface area contributed by atoms with E-state index in [1.807, 2.05) is 0 Å². The van der Waals surface area contributed by atoms with Gasteiger partial charge in [0.2, 0.25) is 0 Å². The van der Waals surface area contributed by atoms with Gasteiger partial charge in [-0.15, -0.1) is 10.2 Å². The summed E-state index contributed by atoms with van der Waals surface area (Å²) in [5.74, 6) is 2.25. The van der Waals surface area contributed by atoms with Gasteiger partial charge in [-0.1, -0.05) is 13.8 Å². The van der Waals surface area contributed by atoms with Crippen LogP contribution in [0.3, 0.4) is 0 Å². The average molecular weight is 194 g/mol. The Hall–Kier alpha value is -0.900. The Labute approximate surface area is 84.7 Å². The number of hydrogen-bond donors (Lipinski definition) is 1. The summed E-state index contributed by atoms with van der Waals surface area (Å²) in [5.41, 5.74) is 0. The fraction of sp³-hybridized carbons (Fsp3) is 0.800. The highest BCUT2D eigenvalue weighted by molar-refractivity contribution is 4.98. The molecule has 14 heavy (non-hydrogen) atoms. The third kappa shape index (κ3) is 1.95. The lowest BCUT2D eigenvalue weighted by Gasteiger charge is -2.15. The molecular weight excluding hydrogens is 176 g/mol. The van der Waals surface area contributed by atoms with Crippen LogP contribution in [0.15, 0.2) is 0 Å². The molecule has 1 aromatic rings. The monoisotopic (exact) mass is 194 g/mol. The molecule has 0 saturated carbocycles. The minimum absolute atomic E-state index is 0.506. The number of nitrogens with one attached hydrogen (secondary N) is 1. The minimum Gasteiger partial charge on any atom is -0.314 e. The Morgan fingerprint density at radius 3 is 3.00 bits per heavy atom. The van der Waals surface area contributed by atoms with Crippen LogP contribution in [0.2, 0.25) is 0 Å². The van der Waals surface area contributed by atoms with Crippen molar-refractivity contribution in [3.63, 3.8) is 0 Å². The summed E-state index contributed by atoms with van der Waals surface area (Å²) < 4.78 is 2.26. The summed E-state index contributed by atoms with van der Waals surface area (Å²) in [6.07, 6.45) is 3.62. The lowest BCUT2D eigenvalue weighted by atomic mass is 10.2. The van der Waals surface area contributed by atoms with Crippen LogP contribution in [0.4, 0.5) is 0 Å². The Morgan fingerprint density at radius 1 is 1.36 bits per heavy atom. The van der Waals surface area contributed by atoms with Crippen molar-refractivity contribution in [3.05, 3.63) is 11.6 Å². The van der Waals surface area contributed by atoms with Gasteiger partial charge in [-0.25, -0.2) is 0 Å². The van der Waals surface area contributed by atoms with Crippen LogP contribution in [0.5, 0.6) is 0 Å². The van der Waals surface area contributed by atoms with E-state index in [9.17, 15) is 0 Å². The van der Waals surface area contributed by atoms with Gasteiger partial charge in [-0.3, -0.25) is 0 Å². The Bertz CT molecular complexity index is 303.